The lowest BCUT2D eigenvalue weighted by Crippen LogP contribution is -2.35. The van der Waals surface area contributed by atoms with Gasteiger partial charge in [-0.1, -0.05) is 31.4 Å². The van der Waals surface area contributed by atoms with Crippen LogP contribution in [-0.2, 0) is 12.6 Å². The second-order valence-corrected chi connectivity index (χ2v) is 9.88. The van der Waals surface area contributed by atoms with Gasteiger partial charge in [0.1, 0.15) is 5.84 Å². The minimum absolute atomic E-state index is 0.187. The molecule has 218 valence electrons. The molecule has 0 spiro atoms. The number of nitrogens with two attached hydrogens (primary N) is 2. The van der Waals surface area contributed by atoms with E-state index in [0.717, 1.165) is 43.3 Å². The Morgan fingerprint density at radius 2 is 1.70 bits per heavy atom. The lowest BCUT2D eigenvalue weighted by atomic mass is 9.94. The van der Waals surface area contributed by atoms with Crippen molar-refractivity contribution in [3.63, 3.8) is 0 Å². The average Bonchev–Trinajstić information content (AvgIpc) is 2.90. The molecule has 1 aliphatic carbocycles. The Morgan fingerprint density at radius 3 is 2.27 bits per heavy atom. The van der Waals surface area contributed by atoms with E-state index >= 15 is 0 Å². The Morgan fingerprint density at radius 1 is 1.02 bits per heavy atom. The smallest absolute Gasteiger partial charge is 0.405 e. The van der Waals surface area contributed by atoms with Gasteiger partial charge in [0.25, 0.3) is 0 Å². The molecular weight excluding hydrogens is 532 g/mol. The van der Waals surface area contributed by atoms with Crippen LogP contribution in [0, 0.1) is 0 Å². The fourth-order valence-electron chi connectivity index (χ4n) is 4.68. The summed E-state index contributed by atoms with van der Waals surface area (Å²) < 4.78 is 79.4. The van der Waals surface area contributed by atoms with Gasteiger partial charge in [-0.25, -0.2) is 0 Å². The number of aliphatic imine (C=N–C) groups is 1. The SMILES string of the molecule is CN(CCN=C(Nc1ccc(C(F)(F)F)cc1)c1ccc(C/C(=C\C=C/N)C(F)(F)F)cc1N)C1CCCCC1. The van der Waals surface area contributed by atoms with Gasteiger partial charge < -0.3 is 21.7 Å². The molecule has 0 amide bonds. The predicted molar refractivity (Wildman–Crippen MR) is 148 cm³/mol. The molecular formula is C29H35F6N5. The van der Waals surface area contributed by atoms with Crippen LogP contribution in [0.2, 0.25) is 0 Å². The van der Waals surface area contributed by atoms with Crippen molar-refractivity contribution < 1.29 is 26.3 Å². The van der Waals surface area contributed by atoms with E-state index in [1.54, 1.807) is 6.07 Å². The molecule has 0 heterocycles. The van der Waals surface area contributed by atoms with E-state index in [9.17, 15) is 26.3 Å². The highest BCUT2D eigenvalue weighted by Crippen LogP contribution is 2.31. The van der Waals surface area contributed by atoms with Gasteiger partial charge in [0.15, 0.2) is 0 Å². The van der Waals surface area contributed by atoms with Gasteiger partial charge in [-0.3, -0.25) is 4.99 Å². The number of benzene rings is 2. The number of amidine groups is 1. The molecule has 40 heavy (non-hydrogen) atoms. The van der Waals surface area contributed by atoms with Crippen molar-refractivity contribution in [1.29, 1.82) is 0 Å². The van der Waals surface area contributed by atoms with Crippen LogP contribution in [0.4, 0.5) is 37.7 Å². The summed E-state index contributed by atoms with van der Waals surface area (Å²) in [6.45, 7) is 1.05. The van der Waals surface area contributed by atoms with Crippen LogP contribution < -0.4 is 16.8 Å². The monoisotopic (exact) mass is 567 g/mol. The third kappa shape index (κ3) is 9.04. The summed E-state index contributed by atoms with van der Waals surface area (Å²) in [7, 11) is 2.04. The molecule has 0 atom stereocenters. The first-order chi connectivity index (χ1) is 18.9. The van der Waals surface area contributed by atoms with Crippen molar-refractivity contribution in [2.75, 3.05) is 31.2 Å². The summed E-state index contributed by atoms with van der Waals surface area (Å²) >= 11 is 0. The highest BCUT2D eigenvalue weighted by atomic mass is 19.4. The summed E-state index contributed by atoms with van der Waals surface area (Å²) in [5.74, 6) is 0.318. The Labute approximate surface area is 230 Å². The van der Waals surface area contributed by atoms with E-state index in [0.29, 0.717) is 41.8 Å². The van der Waals surface area contributed by atoms with Gasteiger partial charge in [-0.15, -0.1) is 0 Å². The number of allylic oxidation sites excluding steroid dienone is 3. The number of likely N-dealkylation sites (N-methyl/N-ethyl adjacent to an activating group) is 1. The summed E-state index contributed by atoms with van der Waals surface area (Å²) in [5, 5.41) is 3.05. The lowest BCUT2D eigenvalue weighted by Gasteiger charge is -2.30. The molecule has 11 heteroatoms. The summed E-state index contributed by atoms with van der Waals surface area (Å²) in [4.78, 5) is 6.93. The molecule has 0 unspecified atom stereocenters. The molecule has 5 nitrogen and oxygen atoms in total. The third-order valence-electron chi connectivity index (χ3n) is 6.93. The minimum Gasteiger partial charge on any atom is -0.405 e. The highest BCUT2D eigenvalue weighted by Gasteiger charge is 2.33. The molecule has 1 aliphatic rings. The number of rotatable bonds is 9. The highest BCUT2D eigenvalue weighted by molar-refractivity contribution is 6.11. The van der Waals surface area contributed by atoms with Gasteiger partial charge in [0.2, 0.25) is 0 Å². The first-order valence-electron chi connectivity index (χ1n) is 13.1. The summed E-state index contributed by atoms with van der Waals surface area (Å²) in [6, 6.07) is 9.52. The van der Waals surface area contributed by atoms with Crippen molar-refractivity contribution >= 4 is 17.2 Å². The second-order valence-electron chi connectivity index (χ2n) is 9.88. The van der Waals surface area contributed by atoms with Gasteiger partial charge in [0, 0.05) is 41.5 Å². The maximum absolute atomic E-state index is 13.4. The standard InChI is InChI=1S/C29H35F6N5/c1-40(24-7-3-2-4-8-24)17-16-38-27(39-23-12-10-21(11-13-23)28(30,31)32)25-14-9-20(19-26(25)37)18-22(6-5-15-36)29(33,34)35/h5-6,9-15,19,24H,2-4,7-8,16-18,36-37H2,1H3,(H,38,39)/b15-5-,22-6+. The first kappa shape index (κ1) is 31.1. The number of anilines is 2. The van der Waals surface area contributed by atoms with Gasteiger partial charge in [-0.05, 0) is 74.1 Å². The fourth-order valence-corrected chi connectivity index (χ4v) is 4.68. The topological polar surface area (TPSA) is 79.7 Å². The van der Waals surface area contributed by atoms with Crippen LogP contribution >= 0.6 is 0 Å². The van der Waals surface area contributed by atoms with Crippen molar-refractivity contribution in [3.8, 4) is 0 Å². The van der Waals surface area contributed by atoms with Crippen LogP contribution in [0.25, 0.3) is 0 Å². The molecule has 0 radical (unpaired) electrons. The van der Waals surface area contributed by atoms with Crippen molar-refractivity contribution in [3.05, 3.63) is 83.1 Å². The lowest BCUT2D eigenvalue weighted by molar-refractivity contribution is -0.137. The quantitative estimate of drug-likeness (QED) is 0.101. The number of hydrogen-bond donors (Lipinski definition) is 3. The molecule has 0 aliphatic heterocycles. The predicted octanol–water partition coefficient (Wildman–Crippen LogP) is 6.91. The molecule has 2 aromatic rings. The Bertz CT molecular complexity index is 1190. The van der Waals surface area contributed by atoms with Crippen LogP contribution in [0.5, 0.6) is 0 Å². The number of hydrogen-bond acceptors (Lipinski definition) is 4. The molecule has 0 bridgehead atoms. The van der Waals surface area contributed by atoms with E-state index in [-0.39, 0.29) is 5.69 Å². The number of nitrogens with one attached hydrogen (secondary N) is 1. The molecule has 5 N–H and O–H groups in total. The largest absolute Gasteiger partial charge is 0.416 e. The average molecular weight is 568 g/mol. The number of nitrogen functional groups attached to an aromatic ring is 1. The Balaban J connectivity index is 1.86. The first-order valence-corrected chi connectivity index (χ1v) is 13.1. The number of nitrogens with zero attached hydrogens (tertiary/aromatic N) is 2. The van der Waals surface area contributed by atoms with Gasteiger partial charge in [-0.2, -0.15) is 26.3 Å². The summed E-state index contributed by atoms with van der Waals surface area (Å²) in [6.07, 6.45) is -0.518. The molecule has 0 saturated heterocycles. The molecule has 0 aromatic heterocycles. The third-order valence-corrected chi connectivity index (χ3v) is 6.93. The van der Waals surface area contributed by atoms with Crippen LogP contribution in [0.3, 0.4) is 0 Å². The Kier molecular flexibility index (Phi) is 10.7. The summed E-state index contributed by atoms with van der Waals surface area (Å²) in [5.41, 5.74) is 11.2. The van der Waals surface area contributed by atoms with E-state index in [4.69, 9.17) is 11.5 Å². The number of halogens is 6. The normalized spacial score (nSPS) is 16.2. The van der Waals surface area contributed by atoms with Gasteiger partial charge >= 0.3 is 12.4 Å². The zero-order valence-electron chi connectivity index (χ0n) is 22.3. The van der Waals surface area contributed by atoms with Crippen LogP contribution in [0.1, 0.15) is 48.8 Å². The van der Waals surface area contributed by atoms with Crippen molar-refractivity contribution in [2.45, 2.75) is 56.9 Å². The zero-order valence-corrected chi connectivity index (χ0v) is 22.3. The maximum Gasteiger partial charge on any atom is 0.416 e. The van der Waals surface area contributed by atoms with Crippen LogP contribution in [-0.4, -0.2) is 43.1 Å². The molecule has 1 saturated carbocycles. The molecule has 2 aromatic carbocycles. The minimum atomic E-state index is -4.55. The van der Waals surface area contributed by atoms with Crippen molar-refractivity contribution in [2.24, 2.45) is 10.7 Å². The van der Waals surface area contributed by atoms with Crippen LogP contribution in [0.15, 0.2) is 71.4 Å². The Hall–Kier alpha value is -3.47. The van der Waals surface area contributed by atoms with E-state index in [1.165, 1.54) is 43.5 Å². The molecule has 1 fully saturated rings. The second kappa shape index (κ2) is 13.7. The zero-order chi connectivity index (χ0) is 29.3. The van der Waals surface area contributed by atoms with Crippen molar-refractivity contribution in [1.82, 2.24) is 4.90 Å². The van der Waals surface area contributed by atoms with E-state index in [1.807, 2.05) is 7.05 Å². The van der Waals surface area contributed by atoms with Gasteiger partial charge in [0.05, 0.1) is 12.1 Å². The maximum atomic E-state index is 13.4. The molecule has 3 rings (SSSR count). The fraction of sp³-hybridized carbons (Fsp3) is 0.414. The van der Waals surface area contributed by atoms with E-state index < -0.39 is 29.9 Å². The van der Waals surface area contributed by atoms with E-state index in [2.05, 4.69) is 15.2 Å². The number of alkyl halides is 6.